The molecule has 0 spiro atoms. The third-order valence-corrected chi connectivity index (χ3v) is 2.00. The quantitative estimate of drug-likeness (QED) is 0.616. The predicted octanol–water partition coefficient (Wildman–Crippen LogP) is 3.10. The van der Waals surface area contributed by atoms with Crippen molar-refractivity contribution < 1.29 is 27.4 Å². The SMILES string of the molecule is C=CCc1cc(OC(F)(F)F)cc(C(=O)OC)c1. The molecule has 6 heteroatoms. The Morgan fingerprint density at radius 2 is 2.06 bits per heavy atom. The van der Waals surface area contributed by atoms with Crippen LogP contribution in [-0.2, 0) is 11.2 Å². The molecule has 1 rings (SSSR count). The Kier molecular flexibility index (Phi) is 4.36. The second-order valence-corrected chi connectivity index (χ2v) is 3.40. The van der Waals surface area contributed by atoms with E-state index < -0.39 is 18.1 Å². The lowest BCUT2D eigenvalue weighted by atomic mass is 10.1. The third kappa shape index (κ3) is 4.12. The second-order valence-electron chi connectivity index (χ2n) is 3.40. The minimum atomic E-state index is -4.81. The molecule has 0 aliphatic heterocycles. The average Bonchev–Trinajstić information content (AvgIpc) is 2.25. The topological polar surface area (TPSA) is 35.5 Å². The van der Waals surface area contributed by atoms with E-state index in [-0.39, 0.29) is 5.56 Å². The molecular formula is C12H11F3O3. The molecule has 18 heavy (non-hydrogen) atoms. The summed E-state index contributed by atoms with van der Waals surface area (Å²) in [5, 5.41) is 0. The van der Waals surface area contributed by atoms with Crippen LogP contribution in [0.15, 0.2) is 30.9 Å². The molecule has 0 saturated carbocycles. The molecule has 1 aromatic carbocycles. The van der Waals surface area contributed by atoms with Gasteiger partial charge < -0.3 is 9.47 Å². The summed E-state index contributed by atoms with van der Waals surface area (Å²) in [5.74, 6) is -1.19. The van der Waals surface area contributed by atoms with Gasteiger partial charge in [-0.05, 0) is 30.2 Å². The van der Waals surface area contributed by atoms with E-state index in [1.807, 2.05) is 0 Å². The van der Waals surface area contributed by atoms with Gasteiger partial charge in [0.2, 0.25) is 0 Å². The van der Waals surface area contributed by atoms with E-state index in [0.717, 1.165) is 13.2 Å². The summed E-state index contributed by atoms with van der Waals surface area (Å²) in [6.45, 7) is 3.48. The number of ether oxygens (including phenoxy) is 2. The van der Waals surface area contributed by atoms with Gasteiger partial charge in [-0.1, -0.05) is 6.08 Å². The maximum absolute atomic E-state index is 12.1. The summed E-state index contributed by atoms with van der Waals surface area (Å²) in [6.07, 6.45) is -2.98. The Bertz CT molecular complexity index is 452. The van der Waals surface area contributed by atoms with Gasteiger partial charge in [0.15, 0.2) is 0 Å². The predicted molar refractivity (Wildman–Crippen MR) is 58.4 cm³/mol. The summed E-state index contributed by atoms with van der Waals surface area (Å²) >= 11 is 0. The number of alkyl halides is 3. The van der Waals surface area contributed by atoms with Crippen molar-refractivity contribution in [2.24, 2.45) is 0 Å². The minimum Gasteiger partial charge on any atom is -0.465 e. The van der Waals surface area contributed by atoms with Gasteiger partial charge in [-0.3, -0.25) is 0 Å². The van der Waals surface area contributed by atoms with Gasteiger partial charge in [0.05, 0.1) is 12.7 Å². The number of carbonyl (C=O) groups is 1. The normalized spacial score (nSPS) is 10.9. The zero-order valence-corrected chi connectivity index (χ0v) is 9.58. The average molecular weight is 260 g/mol. The maximum Gasteiger partial charge on any atom is 0.573 e. The van der Waals surface area contributed by atoms with E-state index in [1.54, 1.807) is 0 Å². The molecule has 3 nitrogen and oxygen atoms in total. The number of esters is 1. The Morgan fingerprint density at radius 3 is 2.56 bits per heavy atom. The highest BCUT2D eigenvalue weighted by Crippen LogP contribution is 2.25. The molecule has 0 saturated heterocycles. The molecule has 0 N–H and O–H groups in total. The fourth-order valence-electron chi connectivity index (χ4n) is 1.37. The number of methoxy groups -OCH3 is 1. The van der Waals surface area contributed by atoms with Crippen molar-refractivity contribution in [2.75, 3.05) is 7.11 Å². The van der Waals surface area contributed by atoms with Crippen molar-refractivity contribution in [3.8, 4) is 5.75 Å². The van der Waals surface area contributed by atoms with Crippen LogP contribution in [-0.4, -0.2) is 19.4 Å². The Balaban J connectivity index is 3.13. The van der Waals surface area contributed by atoms with Crippen LogP contribution in [0.4, 0.5) is 13.2 Å². The number of rotatable bonds is 4. The molecule has 0 atom stereocenters. The van der Waals surface area contributed by atoms with Crippen molar-refractivity contribution in [1.29, 1.82) is 0 Å². The largest absolute Gasteiger partial charge is 0.573 e. The summed E-state index contributed by atoms with van der Waals surface area (Å²) in [4.78, 5) is 11.3. The van der Waals surface area contributed by atoms with Crippen LogP contribution in [0.5, 0.6) is 5.75 Å². The first-order chi connectivity index (χ1) is 8.35. The summed E-state index contributed by atoms with van der Waals surface area (Å²) < 4.78 is 44.6. The number of hydrogen-bond acceptors (Lipinski definition) is 3. The Morgan fingerprint density at radius 1 is 1.39 bits per heavy atom. The highest BCUT2D eigenvalue weighted by molar-refractivity contribution is 5.90. The van der Waals surface area contributed by atoms with Gasteiger partial charge in [-0.25, -0.2) is 4.79 Å². The Labute approximate surface area is 102 Å². The molecule has 0 heterocycles. The van der Waals surface area contributed by atoms with Crippen LogP contribution in [0.25, 0.3) is 0 Å². The molecule has 98 valence electrons. The van der Waals surface area contributed by atoms with E-state index in [9.17, 15) is 18.0 Å². The number of halogens is 3. The highest BCUT2D eigenvalue weighted by Gasteiger charge is 2.31. The van der Waals surface area contributed by atoms with E-state index in [2.05, 4.69) is 16.1 Å². The van der Waals surface area contributed by atoms with E-state index in [0.29, 0.717) is 12.0 Å². The van der Waals surface area contributed by atoms with Gasteiger partial charge in [-0.15, -0.1) is 19.8 Å². The molecule has 0 aliphatic rings. The van der Waals surface area contributed by atoms with E-state index in [1.165, 1.54) is 18.2 Å². The molecule has 1 aromatic rings. The standard InChI is InChI=1S/C12H11F3O3/c1-3-4-8-5-9(11(16)17-2)7-10(6-8)18-12(13,14)15/h3,5-7H,1,4H2,2H3. The highest BCUT2D eigenvalue weighted by atomic mass is 19.4. The summed E-state index contributed by atoms with van der Waals surface area (Å²) in [6, 6.07) is 3.60. The maximum atomic E-state index is 12.1. The lowest BCUT2D eigenvalue weighted by Crippen LogP contribution is -2.17. The zero-order chi connectivity index (χ0) is 13.8. The van der Waals surface area contributed by atoms with Crippen molar-refractivity contribution in [3.05, 3.63) is 42.0 Å². The molecule has 0 aromatic heterocycles. The molecule has 0 unspecified atom stereocenters. The van der Waals surface area contributed by atoms with E-state index >= 15 is 0 Å². The fraction of sp³-hybridized carbons (Fsp3) is 0.250. The molecule has 0 radical (unpaired) electrons. The van der Waals surface area contributed by atoms with Gasteiger partial charge in [-0.2, -0.15) is 0 Å². The second kappa shape index (κ2) is 5.57. The number of hydrogen-bond donors (Lipinski definition) is 0. The molecular weight excluding hydrogens is 249 g/mol. The van der Waals surface area contributed by atoms with Crippen molar-refractivity contribution in [3.63, 3.8) is 0 Å². The lowest BCUT2D eigenvalue weighted by Gasteiger charge is -2.11. The summed E-state index contributed by atoms with van der Waals surface area (Å²) in [5.41, 5.74) is 0.475. The van der Waals surface area contributed by atoms with Crippen LogP contribution < -0.4 is 4.74 Å². The molecule has 0 aliphatic carbocycles. The Hall–Kier alpha value is -1.98. The minimum absolute atomic E-state index is 0.00361. The van der Waals surface area contributed by atoms with Gasteiger partial charge in [0.25, 0.3) is 0 Å². The van der Waals surface area contributed by atoms with Gasteiger partial charge >= 0.3 is 12.3 Å². The van der Waals surface area contributed by atoms with Crippen LogP contribution in [0.2, 0.25) is 0 Å². The zero-order valence-electron chi connectivity index (χ0n) is 9.58. The van der Waals surface area contributed by atoms with Crippen LogP contribution in [0.3, 0.4) is 0 Å². The first-order valence-corrected chi connectivity index (χ1v) is 4.94. The smallest absolute Gasteiger partial charge is 0.465 e. The van der Waals surface area contributed by atoms with Crippen LogP contribution in [0, 0.1) is 0 Å². The van der Waals surface area contributed by atoms with Crippen molar-refractivity contribution in [1.82, 2.24) is 0 Å². The first-order valence-electron chi connectivity index (χ1n) is 4.94. The third-order valence-electron chi connectivity index (χ3n) is 2.00. The lowest BCUT2D eigenvalue weighted by molar-refractivity contribution is -0.274. The number of allylic oxidation sites excluding steroid dienone is 1. The van der Waals surface area contributed by atoms with Gasteiger partial charge in [0, 0.05) is 0 Å². The van der Waals surface area contributed by atoms with Crippen LogP contribution >= 0.6 is 0 Å². The number of carbonyl (C=O) groups excluding carboxylic acids is 1. The van der Waals surface area contributed by atoms with Crippen molar-refractivity contribution in [2.45, 2.75) is 12.8 Å². The van der Waals surface area contributed by atoms with E-state index in [4.69, 9.17) is 0 Å². The summed E-state index contributed by atoms with van der Waals surface area (Å²) in [7, 11) is 1.15. The first kappa shape index (κ1) is 14.1. The molecule has 0 bridgehead atoms. The molecule has 0 amide bonds. The monoisotopic (exact) mass is 260 g/mol. The van der Waals surface area contributed by atoms with Crippen molar-refractivity contribution >= 4 is 5.97 Å². The number of benzene rings is 1. The van der Waals surface area contributed by atoms with Gasteiger partial charge in [0.1, 0.15) is 5.75 Å². The molecule has 0 fully saturated rings. The fourth-order valence-corrected chi connectivity index (χ4v) is 1.37. The van der Waals surface area contributed by atoms with Crippen LogP contribution in [0.1, 0.15) is 15.9 Å².